The first-order valence-corrected chi connectivity index (χ1v) is 4.83. The molecule has 1 saturated carbocycles. The second kappa shape index (κ2) is 4.00. The van der Waals surface area contributed by atoms with E-state index in [1.165, 1.54) is 38.5 Å². The van der Waals surface area contributed by atoms with Crippen LogP contribution in [0.3, 0.4) is 0 Å². The topological polar surface area (TPSA) is 0 Å². The monoisotopic (exact) mass is 140 g/mol. The molecule has 0 bridgehead atoms. The summed E-state index contributed by atoms with van der Waals surface area (Å²) in [5.41, 5.74) is 0. The fourth-order valence-electron chi connectivity index (χ4n) is 2.23. The molecule has 0 nitrogen and oxygen atoms in total. The molecule has 1 aliphatic carbocycles. The van der Waals surface area contributed by atoms with Gasteiger partial charge in [0.15, 0.2) is 0 Å². The SMILES string of the molecule is CCC[C@@H]1CCC[C@@H](C)C1. The third-order valence-electron chi connectivity index (χ3n) is 2.74. The first-order valence-electron chi connectivity index (χ1n) is 4.83. The summed E-state index contributed by atoms with van der Waals surface area (Å²) < 4.78 is 0. The number of hydrogen-bond acceptors (Lipinski definition) is 0. The summed E-state index contributed by atoms with van der Waals surface area (Å²) in [5.74, 6) is 2.10. The third kappa shape index (κ3) is 2.32. The third-order valence-corrected chi connectivity index (χ3v) is 2.74. The van der Waals surface area contributed by atoms with Crippen LogP contribution in [0.5, 0.6) is 0 Å². The molecule has 0 aromatic heterocycles. The Bertz CT molecular complexity index is 84.0. The van der Waals surface area contributed by atoms with Crippen molar-refractivity contribution in [2.45, 2.75) is 52.4 Å². The molecule has 0 unspecified atom stereocenters. The zero-order valence-electron chi connectivity index (χ0n) is 7.40. The van der Waals surface area contributed by atoms with Gasteiger partial charge in [-0.2, -0.15) is 0 Å². The van der Waals surface area contributed by atoms with Gasteiger partial charge in [0, 0.05) is 0 Å². The Balaban J connectivity index is 2.18. The number of rotatable bonds is 2. The maximum absolute atomic E-state index is 2.40. The van der Waals surface area contributed by atoms with E-state index in [1.807, 2.05) is 0 Å². The van der Waals surface area contributed by atoms with Gasteiger partial charge in [0.25, 0.3) is 0 Å². The summed E-state index contributed by atoms with van der Waals surface area (Å²) in [4.78, 5) is 0. The summed E-state index contributed by atoms with van der Waals surface area (Å²) in [5, 5.41) is 0. The Morgan fingerprint density at radius 1 is 1.30 bits per heavy atom. The van der Waals surface area contributed by atoms with E-state index in [2.05, 4.69) is 13.8 Å². The molecule has 60 valence electrons. The minimum absolute atomic E-state index is 1.02. The summed E-state index contributed by atoms with van der Waals surface area (Å²) in [6.07, 6.45) is 8.86. The molecule has 1 rings (SSSR count). The van der Waals surface area contributed by atoms with Crippen LogP contribution in [0, 0.1) is 11.8 Å². The summed E-state index contributed by atoms with van der Waals surface area (Å²) in [6.45, 7) is 4.71. The van der Waals surface area contributed by atoms with Gasteiger partial charge < -0.3 is 0 Å². The highest BCUT2D eigenvalue weighted by atomic mass is 14.2. The lowest BCUT2D eigenvalue weighted by Crippen LogP contribution is -2.12. The largest absolute Gasteiger partial charge is 0.0654 e. The van der Waals surface area contributed by atoms with E-state index in [0.717, 1.165) is 11.8 Å². The fraction of sp³-hybridized carbons (Fsp3) is 1.00. The number of hydrogen-bond donors (Lipinski definition) is 0. The van der Waals surface area contributed by atoms with Crippen LogP contribution in [-0.2, 0) is 0 Å². The van der Waals surface area contributed by atoms with Crippen LogP contribution in [0.15, 0.2) is 0 Å². The lowest BCUT2D eigenvalue weighted by atomic mass is 9.80. The summed E-state index contributed by atoms with van der Waals surface area (Å²) in [7, 11) is 0. The van der Waals surface area contributed by atoms with Crippen molar-refractivity contribution in [2.24, 2.45) is 11.8 Å². The van der Waals surface area contributed by atoms with Crippen LogP contribution in [0.2, 0.25) is 0 Å². The van der Waals surface area contributed by atoms with E-state index in [1.54, 1.807) is 0 Å². The quantitative estimate of drug-likeness (QED) is 0.549. The van der Waals surface area contributed by atoms with Gasteiger partial charge in [-0.15, -0.1) is 0 Å². The van der Waals surface area contributed by atoms with Crippen molar-refractivity contribution in [3.63, 3.8) is 0 Å². The predicted molar refractivity (Wildman–Crippen MR) is 46.0 cm³/mol. The van der Waals surface area contributed by atoms with Gasteiger partial charge in [0.1, 0.15) is 0 Å². The van der Waals surface area contributed by atoms with Crippen molar-refractivity contribution in [1.29, 1.82) is 0 Å². The first-order chi connectivity index (χ1) is 4.83. The fourth-order valence-corrected chi connectivity index (χ4v) is 2.23. The van der Waals surface area contributed by atoms with Gasteiger partial charge in [-0.3, -0.25) is 0 Å². The van der Waals surface area contributed by atoms with Crippen molar-refractivity contribution < 1.29 is 0 Å². The Labute approximate surface area is 65.0 Å². The lowest BCUT2D eigenvalue weighted by molar-refractivity contribution is 0.268. The van der Waals surface area contributed by atoms with E-state index in [4.69, 9.17) is 0 Å². The standard InChI is InChI=1S/C10H20/c1-3-5-10-7-4-6-9(2)8-10/h9-10H,3-8H2,1-2H3/t9-,10-/m1/s1. The van der Waals surface area contributed by atoms with Crippen molar-refractivity contribution >= 4 is 0 Å². The average Bonchev–Trinajstić information content (AvgIpc) is 1.88. The van der Waals surface area contributed by atoms with E-state index in [-0.39, 0.29) is 0 Å². The van der Waals surface area contributed by atoms with Crippen LogP contribution >= 0.6 is 0 Å². The normalized spacial score (nSPS) is 34.2. The highest BCUT2D eigenvalue weighted by Crippen LogP contribution is 2.31. The van der Waals surface area contributed by atoms with Crippen molar-refractivity contribution in [1.82, 2.24) is 0 Å². The Kier molecular flexibility index (Phi) is 3.24. The molecule has 2 atom stereocenters. The highest BCUT2D eigenvalue weighted by molar-refractivity contribution is 4.69. The summed E-state index contributed by atoms with van der Waals surface area (Å²) in [6, 6.07) is 0. The van der Waals surface area contributed by atoms with Gasteiger partial charge in [0.05, 0.1) is 0 Å². The lowest BCUT2D eigenvalue weighted by Gasteiger charge is -2.26. The van der Waals surface area contributed by atoms with Gasteiger partial charge in [0.2, 0.25) is 0 Å². The van der Waals surface area contributed by atoms with Crippen LogP contribution < -0.4 is 0 Å². The average molecular weight is 140 g/mol. The molecule has 0 radical (unpaired) electrons. The molecule has 0 aliphatic heterocycles. The molecule has 0 aromatic rings. The van der Waals surface area contributed by atoms with Crippen LogP contribution in [-0.4, -0.2) is 0 Å². The molecular formula is C10H20. The highest BCUT2D eigenvalue weighted by Gasteiger charge is 2.17. The van der Waals surface area contributed by atoms with Crippen LogP contribution in [0.1, 0.15) is 52.4 Å². The van der Waals surface area contributed by atoms with E-state index >= 15 is 0 Å². The van der Waals surface area contributed by atoms with Crippen molar-refractivity contribution in [3.8, 4) is 0 Å². The molecule has 0 aromatic carbocycles. The molecule has 0 heteroatoms. The molecule has 0 N–H and O–H groups in total. The van der Waals surface area contributed by atoms with Crippen molar-refractivity contribution in [3.05, 3.63) is 0 Å². The molecular weight excluding hydrogens is 120 g/mol. The maximum Gasteiger partial charge on any atom is -0.0412 e. The van der Waals surface area contributed by atoms with E-state index < -0.39 is 0 Å². The zero-order chi connectivity index (χ0) is 7.40. The Morgan fingerprint density at radius 2 is 2.10 bits per heavy atom. The maximum atomic E-state index is 2.40. The van der Waals surface area contributed by atoms with Gasteiger partial charge >= 0.3 is 0 Å². The summed E-state index contributed by atoms with van der Waals surface area (Å²) >= 11 is 0. The molecule has 0 spiro atoms. The second-order valence-corrected chi connectivity index (χ2v) is 3.93. The van der Waals surface area contributed by atoms with E-state index in [9.17, 15) is 0 Å². The van der Waals surface area contributed by atoms with Crippen LogP contribution in [0.25, 0.3) is 0 Å². The predicted octanol–water partition coefficient (Wildman–Crippen LogP) is 3.61. The van der Waals surface area contributed by atoms with Gasteiger partial charge in [-0.1, -0.05) is 46.0 Å². The Morgan fingerprint density at radius 3 is 2.70 bits per heavy atom. The minimum atomic E-state index is 1.02. The van der Waals surface area contributed by atoms with Crippen LogP contribution in [0.4, 0.5) is 0 Å². The zero-order valence-corrected chi connectivity index (χ0v) is 7.40. The molecule has 0 saturated heterocycles. The van der Waals surface area contributed by atoms with Crippen molar-refractivity contribution in [2.75, 3.05) is 0 Å². The molecule has 0 heterocycles. The smallest absolute Gasteiger partial charge is 0.0412 e. The van der Waals surface area contributed by atoms with E-state index in [0.29, 0.717) is 0 Å². The second-order valence-electron chi connectivity index (χ2n) is 3.93. The molecule has 1 aliphatic rings. The molecule has 0 amide bonds. The van der Waals surface area contributed by atoms with Gasteiger partial charge in [-0.25, -0.2) is 0 Å². The first kappa shape index (κ1) is 8.10. The minimum Gasteiger partial charge on any atom is -0.0654 e. The molecule has 1 fully saturated rings. The Hall–Kier alpha value is 0. The van der Waals surface area contributed by atoms with Gasteiger partial charge in [-0.05, 0) is 18.3 Å². The molecule has 10 heavy (non-hydrogen) atoms.